The molecule has 2 rings (SSSR count). The normalized spacial score (nSPS) is 12.2. The van der Waals surface area contributed by atoms with Crippen molar-refractivity contribution in [2.24, 2.45) is 0 Å². The van der Waals surface area contributed by atoms with E-state index in [-0.39, 0.29) is 11.0 Å². The molecule has 0 aliphatic rings. The molecular formula is C17H16Cl3N3OS. The number of rotatable bonds is 4. The second-order valence-corrected chi connectivity index (χ2v) is 7.99. The van der Waals surface area contributed by atoms with Crippen LogP contribution in [0.3, 0.4) is 0 Å². The second-order valence-electron chi connectivity index (χ2n) is 5.22. The highest BCUT2D eigenvalue weighted by atomic mass is 35.6. The van der Waals surface area contributed by atoms with Crippen molar-refractivity contribution in [2.75, 3.05) is 5.32 Å². The van der Waals surface area contributed by atoms with E-state index < -0.39 is 9.96 Å². The number of halogens is 3. The maximum Gasteiger partial charge on any atom is 0.228 e. The van der Waals surface area contributed by atoms with Crippen LogP contribution >= 0.6 is 47.0 Å². The van der Waals surface area contributed by atoms with E-state index in [2.05, 4.69) is 16.0 Å². The van der Waals surface area contributed by atoms with Crippen LogP contribution in [0, 0.1) is 0 Å². The van der Waals surface area contributed by atoms with Crippen LogP contribution in [0.5, 0.6) is 0 Å². The number of thiocarbonyl (C=S) groups is 1. The van der Waals surface area contributed by atoms with E-state index in [4.69, 9.17) is 47.0 Å². The number of carbonyl (C=O) groups is 1. The Labute approximate surface area is 166 Å². The average Bonchev–Trinajstić information content (AvgIpc) is 2.54. The molecule has 0 aliphatic heterocycles. The molecule has 0 fully saturated rings. The third-order valence-electron chi connectivity index (χ3n) is 3.20. The molecule has 0 aliphatic carbocycles. The summed E-state index contributed by atoms with van der Waals surface area (Å²) in [5, 5.41) is 8.48. The van der Waals surface area contributed by atoms with Gasteiger partial charge in [-0.05, 0) is 35.5 Å². The van der Waals surface area contributed by atoms with Crippen LogP contribution in [-0.4, -0.2) is 21.0 Å². The Morgan fingerprint density at radius 2 is 1.52 bits per heavy atom. The Hall–Kier alpha value is -1.53. The Bertz CT molecular complexity index is 733. The fourth-order valence-electron chi connectivity index (χ4n) is 2.08. The van der Waals surface area contributed by atoms with Crippen molar-refractivity contribution in [1.82, 2.24) is 10.6 Å². The number of alkyl halides is 3. The van der Waals surface area contributed by atoms with E-state index in [1.165, 1.54) is 6.92 Å². The predicted octanol–water partition coefficient (Wildman–Crippen LogP) is 4.47. The lowest BCUT2D eigenvalue weighted by molar-refractivity contribution is -0.119. The molecule has 25 heavy (non-hydrogen) atoms. The zero-order valence-electron chi connectivity index (χ0n) is 13.2. The van der Waals surface area contributed by atoms with Crippen molar-refractivity contribution in [3.8, 4) is 11.1 Å². The fraction of sp³-hybridized carbons (Fsp3) is 0.176. The van der Waals surface area contributed by atoms with E-state index in [0.717, 1.165) is 16.8 Å². The molecule has 0 saturated heterocycles. The summed E-state index contributed by atoms with van der Waals surface area (Å²) < 4.78 is -1.76. The van der Waals surface area contributed by atoms with E-state index >= 15 is 0 Å². The molecule has 0 heterocycles. The first kappa shape index (κ1) is 19.8. The molecule has 2 aromatic rings. The molecule has 0 saturated carbocycles. The third kappa shape index (κ3) is 6.36. The van der Waals surface area contributed by atoms with Gasteiger partial charge in [-0.2, -0.15) is 0 Å². The van der Waals surface area contributed by atoms with Gasteiger partial charge in [0.05, 0.1) is 0 Å². The minimum absolute atomic E-state index is 0.220. The van der Waals surface area contributed by atoms with Gasteiger partial charge in [0.25, 0.3) is 0 Å². The van der Waals surface area contributed by atoms with Crippen molar-refractivity contribution in [3.05, 3.63) is 54.6 Å². The third-order valence-corrected chi connectivity index (χ3v) is 4.07. The number of benzene rings is 2. The highest BCUT2D eigenvalue weighted by molar-refractivity contribution is 7.80. The molecule has 4 nitrogen and oxygen atoms in total. The number of anilines is 1. The summed E-state index contributed by atoms with van der Waals surface area (Å²) in [7, 11) is 0. The molecule has 132 valence electrons. The first-order chi connectivity index (χ1) is 11.8. The van der Waals surface area contributed by atoms with E-state index in [1.54, 1.807) is 0 Å². The molecule has 0 aromatic heterocycles. The number of hydrogen-bond acceptors (Lipinski definition) is 2. The lowest BCUT2D eigenvalue weighted by atomic mass is 10.1. The molecule has 0 spiro atoms. The van der Waals surface area contributed by atoms with Crippen LogP contribution in [-0.2, 0) is 4.79 Å². The van der Waals surface area contributed by atoms with E-state index in [0.29, 0.717) is 0 Å². The van der Waals surface area contributed by atoms with Gasteiger partial charge in [-0.1, -0.05) is 77.3 Å². The van der Waals surface area contributed by atoms with Gasteiger partial charge >= 0.3 is 0 Å². The van der Waals surface area contributed by atoms with Gasteiger partial charge < -0.3 is 16.0 Å². The lowest BCUT2D eigenvalue weighted by Gasteiger charge is -2.27. The minimum atomic E-state index is -1.76. The van der Waals surface area contributed by atoms with E-state index in [1.807, 2.05) is 54.6 Å². The standard InChI is InChI=1S/C17H16Cl3N3OS/c1-11(24)21-15(17(18,19)20)23-16(25)22-14-9-7-13(8-10-14)12-5-3-2-4-6-12/h2-10,15H,1H3,(H,21,24)(H2,22,23,25)/t15-/m1/s1. The van der Waals surface area contributed by atoms with Crippen molar-refractivity contribution in [2.45, 2.75) is 16.9 Å². The van der Waals surface area contributed by atoms with Crippen LogP contribution < -0.4 is 16.0 Å². The minimum Gasteiger partial charge on any atom is -0.339 e. The largest absolute Gasteiger partial charge is 0.339 e. The van der Waals surface area contributed by atoms with Gasteiger partial charge in [0.15, 0.2) is 5.11 Å². The molecule has 3 N–H and O–H groups in total. The van der Waals surface area contributed by atoms with Crippen LogP contribution in [0.2, 0.25) is 0 Å². The van der Waals surface area contributed by atoms with Crippen molar-refractivity contribution < 1.29 is 4.79 Å². The van der Waals surface area contributed by atoms with Crippen LogP contribution in [0.1, 0.15) is 6.92 Å². The van der Waals surface area contributed by atoms with Crippen LogP contribution in [0.25, 0.3) is 11.1 Å². The average molecular weight is 417 g/mol. The first-order valence-electron chi connectivity index (χ1n) is 7.32. The van der Waals surface area contributed by atoms with Gasteiger partial charge in [0.1, 0.15) is 6.17 Å². The van der Waals surface area contributed by atoms with Crippen molar-refractivity contribution >= 4 is 63.7 Å². The predicted molar refractivity (Wildman–Crippen MR) is 109 cm³/mol. The Morgan fingerprint density at radius 1 is 0.960 bits per heavy atom. The monoisotopic (exact) mass is 415 g/mol. The quantitative estimate of drug-likeness (QED) is 0.391. The summed E-state index contributed by atoms with van der Waals surface area (Å²) in [5.41, 5.74) is 2.97. The summed E-state index contributed by atoms with van der Waals surface area (Å²) in [4.78, 5) is 11.2. The maximum absolute atomic E-state index is 11.2. The zero-order chi connectivity index (χ0) is 18.4. The molecule has 0 radical (unpaired) electrons. The lowest BCUT2D eigenvalue weighted by Crippen LogP contribution is -2.55. The zero-order valence-corrected chi connectivity index (χ0v) is 16.3. The molecular weight excluding hydrogens is 401 g/mol. The smallest absolute Gasteiger partial charge is 0.228 e. The summed E-state index contributed by atoms with van der Waals surface area (Å²) in [6.07, 6.45) is -0.960. The fourth-order valence-corrected chi connectivity index (χ4v) is 2.64. The van der Waals surface area contributed by atoms with Gasteiger partial charge in [0, 0.05) is 12.6 Å². The van der Waals surface area contributed by atoms with Gasteiger partial charge in [0.2, 0.25) is 9.70 Å². The summed E-state index contributed by atoms with van der Waals surface area (Å²) in [6.45, 7) is 1.32. The molecule has 1 atom stereocenters. The topological polar surface area (TPSA) is 53.2 Å². The van der Waals surface area contributed by atoms with E-state index in [9.17, 15) is 4.79 Å². The SMILES string of the molecule is CC(=O)N[C@H](NC(=S)Nc1ccc(-c2ccccc2)cc1)C(Cl)(Cl)Cl. The Morgan fingerprint density at radius 3 is 2.04 bits per heavy atom. The molecule has 2 aromatic carbocycles. The molecule has 0 bridgehead atoms. The number of carbonyl (C=O) groups excluding carboxylic acids is 1. The Balaban J connectivity index is 2.01. The second kappa shape index (κ2) is 8.72. The van der Waals surface area contributed by atoms with Gasteiger partial charge in [-0.3, -0.25) is 4.79 Å². The number of nitrogens with one attached hydrogen (secondary N) is 3. The summed E-state index contributed by atoms with van der Waals surface area (Å²) in [5.74, 6) is -0.348. The highest BCUT2D eigenvalue weighted by Gasteiger charge is 2.33. The van der Waals surface area contributed by atoms with Crippen LogP contribution in [0.15, 0.2) is 54.6 Å². The van der Waals surface area contributed by atoms with Gasteiger partial charge in [-0.15, -0.1) is 0 Å². The molecule has 1 amide bonds. The first-order valence-corrected chi connectivity index (χ1v) is 8.87. The molecule has 8 heteroatoms. The molecule has 0 unspecified atom stereocenters. The van der Waals surface area contributed by atoms with Gasteiger partial charge in [-0.25, -0.2) is 0 Å². The summed E-state index contributed by atoms with van der Waals surface area (Å²) >= 11 is 22.7. The van der Waals surface area contributed by atoms with Crippen molar-refractivity contribution in [1.29, 1.82) is 0 Å². The van der Waals surface area contributed by atoms with Crippen molar-refractivity contribution in [3.63, 3.8) is 0 Å². The number of hydrogen-bond donors (Lipinski definition) is 3. The van der Waals surface area contributed by atoms with Crippen LogP contribution in [0.4, 0.5) is 5.69 Å². The summed E-state index contributed by atoms with van der Waals surface area (Å²) in [6, 6.07) is 17.7. The highest BCUT2D eigenvalue weighted by Crippen LogP contribution is 2.29. The maximum atomic E-state index is 11.2. The Kier molecular flexibility index (Phi) is 6.90. The number of amides is 1.